The van der Waals surface area contributed by atoms with Crippen LogP contribution in [0.15, 0.2) is 17.5 Å². The van der Waals surface area contributed by atoms with E-state index in [0.29, 0.717) is 11.3 Å². The van der Waals surface area contributed by atoms with Crippen LogP contribution < -0.4 is 5.32 Å². The maximum Gasteiger partial charge on any atom is 0.241 e. The van der Waals surface area contributed by atoms with Crippen LogP contribution in [0.25, 0.3) is 0 Å². The Kier molecular flexibility index (Phi) is 4.36. The van der Waals surface area contributed by atoms with Crippen LogP contribution in [0.3, 0.4) is 0 Å². The van der Waals surface area contributed by atoms with E-state index in [-0.39, 0.29) is 12.2 Å². The summed E-state index contributed by atoms with van der Waals surface area (Å²) in [5.74, 6) is 0.294. The van der Waals surface area contributed by atoms with Crippen LogP contribution in [0.5, 0.6) is 0 Å². The summed E-state index contributed by atoms with van der Waals surface area (Å²) in [5.41, 5.74) is 0.299. The van der Waals surface area contributed by atoms with Crippen molar-refractivity contribution in [1.82, 2.24) is 10.2 Å². The average molecular weight is 306 g/mol. The monoisotopic (exact) mass is 306 g/mol. The normalized spacial score (nSPS) is 29.0. The van der Waals surface area contributed by atoms with E-state index >= 15 is 0 Å². The van der Waals surface area contributed by atoms with Gasteiger partial charge < -0.3 is 4.90 Å². The lowest BCUT2D eigenvalue weighted by Crippen LogP contribution is -2.40. The maximum atomic E-state index is 12.7. The Balaban J connectivity index is 1.80. The molecule has 1 aliphatic heterocycles. The number of amides is 1. The molecular weight excluding hydrogens is 280 g/mol. The molecule has 1 amide bonds. The van der Waals surface area contributed by atoms with Gasteiger partial charge in [-0.25, -0.2) is 0 Å². The summed E-state index contributed by atoms with van der Waals surface area (Å²) < 4.78 is 0. The molecular formula is C17H26N2OS. The van der Waals surface area contributed by atoms with E-state index in [9.17, 15) is 4.79 Å². The molecule has 0 radical (unpaired) electrons. The fraction of sp³-hybridized carbons (Fsp3) is 0.706. The van der Waals surface area contributed by atoms with E-state index in [1.165, 1.54) is 37.0 Å². The van der Waals surface area contributed by atoms with Crippen molar-refractivity contribution in [3.8, 4) is 0 Å². The molecule has 0 spiro atoms. The van der Waals surface area contributed by atoms with Crippen LogP contribution >= 0.6 is 11.3 Å². The summed E-state index contributed by atoms with van der Waals surface area (Å²) >= 11 is 1.74. The fourth-order valence-corrected chi connectivity index (χ4v) is 4.59. The van der Waals surface area contributed by atoms with E-state index in [1.54, 1.807) is 11.3 Å². The number of thiophene rings is 1. The number of hydrogen-bond acceptors (Lipinski definition) is 3. The van der Waals surface area contributed by atoms with Crippen LogP contribution in [0.1, 0.15) is 63.4 Å². The van der Waals surface area contributed by atoms with E-state index in [1.807, 2.05) is 0 Å². The molecule has 1 N–H and O–H groups in total. The molecule has 116 valence electrons. The molecule has 1 aromatic rings. The lowest BCUT2D eigenvalue weighted by Gasteiger charge is -2.38. The van der Waals surface area contributed by atoms with Gasteiger partial charge in [0.05, 0.1) is 6.04 Å². The number of rotatable bonds is 4. The number of carbonyl (C=O) groups excluding carboxylic acids is 1. The summed E-state index contributed by atoms with van der Waals surface area (Å²) in [7, 11) is 0. The van der Waals surface area contributed by atoms with Crippen molar-refractivity contribution in [3.63, 3.8) is 0 Å². The largest absolute Gasteiger partial charge is 0.320 e. The molecule has 4 heteroatoms. The van der Waals surface area contributed by atoms with Gasteiger partial charge in [-0.2, -0.15) is 0 Å². The highest BCUT2D eigenvalue weighted by molar-refractivity contribution is 7.10. The van der Waals surface area contributed by atoms with Crippen LogP contribution in [0, 0.1) is 5.41 Å². The van der Waals surface area contributed by atoms with Gasteiger partial charge in [0.2, 0.25) is 5.91 Å². The standard InChI is InChI=1S/C17H26N2OS/c1-3-13-16(20)19(12-17(2)9-5-4-6-10-17)15(18-13)14-8-7-11-21-14/h7-8,11,13,15,18H,3-6,9-10,12H2,1-2H3. The molecule has 1 aliphatic carbocycles. The van der Waals surface area contributed by atoms with Crippen molar-refractivity contribution < 1.29 is 4.79 Å². The SMILES string of the molecule is CCC1NC(c2cccs2)N(CC2(C)CCCCC2)C1=O. The molecule has 3 nitrogen and oxygen atoms in total. The Morgan fingerprint density at radius 3 is 2.76 bits per heavy atom. The minimum Gasteiger partial charge on any atom is -0.320 e. The first-order chi connectivity index (χ1) is 10.1. The Hall–Kier alpha value is -0.870. The third-order valence-electron chi connectivity index (χ3n) is 5.09. The first-order valence-electron chi connectivity index (χ1n) is 8.23. The predicted octanol–water partition coefficient (Wildman–Crippen LogP) is 3.93. The van der Waals surface area contributed by atoms with Crippen molar-refractivity contribution >= 4 is 17.2 Å². The van der Waals surface area contributed by atoms with Gasteiger partial charge in [0.25, 0.3) is 0 Å². The molecule has 21 heavy (non-hydrogen) atoms. The van der Waals surface area contributed by atoms with Crippen molar-refractivity contribution in [2.24, 2.45) is 5.41 Å². The maximum absolute atomic E-state index is 12.7. The van der Waals surface area contributed by atoms with Crippen molar-refractivity contribution in [2.45, 2.75) is 64.6 Å². The zero-order valence-corrected chi connectivity index (χ0v) is 13.9. The van der Waals surface area contributed by atoms with Crippen molar-refractivity contribution in [3.05, 3.63) is 22.4 Å². The first-order valence-corrected chi connectivity index (χ1v) is 9.11. The van der Waals surface area contributed by atoms with Gasteiger partial charge in [0.15, 0.2) is 0 Å². The minimum absolute atomic E-state index is 0.00992. The topological polar surface area (TPSA) is 32.3 Å². The second-order valence-electron chi connectivity index (χ2n) is 6.88. The van der Waals surface area contributed by atoms with E-state index in [4.69, 9.17) is 0 Å². The van der Waals surface area contributed by atoms with E-state index in [2.05, 4.69) is 41.6 Å². The molecule has 1 saturated heterocycles. The van der Waals surface area contributed by atoms with Gasteiger partial charge in [-0.1, -0.05) is 39.2 Å². The third kappa shape index (κ3) is 3.02. The second-order valence-corrected chi connectivity index (χ2v) is 7.86. The fourth-order valence-electron chi connectivity index (χ4n) is 3.80. The zero-order valence-electron chi connectivity index (χ0n) is 13.1. The average Bonchev–Trinajstić information content (AvgIpc) is 3.09. The van der Waals surface area contributed by atoms with Crippen LogP contribution in [0.2, 0.25) is 0 Å². The zero-order chi connectivity index (χ0) is 14.9. The summed E-state index contributed by atoms with van der Waals surface area (Å²) in [6.45, 7) is 5.36. The van der Waals surface area contributed by atoms with E-state index in [0.717, 1.165) is 13.0 Å². The van der Waals surface area contributed by atoms with Gasteiger partial charge in [0.1, 0.15) is 6.17 Å². The third-order valence-corrected chi connectivity index (χ3v) is 6.01. The minimum atomic E-state index is -0.00992. The van der Waals surface area contributed by atoms with Gasteiger partial charge in [0, 0.05) is 11.4 Å². The predicted molar refractivity (Wildman–Crippen MR) is 87.2 cm³/mol. The Bertz CT molecular complexity index is 479. The number of nitrogens with one attached hydrogen (secondary N) is 1. The molecule has 1 aromatic heterocycles. The molecule has 2 fully saturated rings. The molecule has 2 atom stereocenters. The van der Waals surface area contributed by atoms with Crippen LogP contribution in [0.4, 0.5) is 0 Å². The van der Waals surface area contributed by atoms with Crippen molar-refractivity contribution in [1.29, 1.82) is 0 Å². The molecule has 0 bridgehead atoms. The molecule has 2 unspecified atom stereocenters. The van der Waals surface area contributed by atoms with Gasteiger partial charge >= 0.3 is 0 Å². The lowest BCUT2D eigenvalue weighted by molar-refractivity contribution is -0.132. The Morgan fingerprint density at radius 2 is 2.14 bits per heavy atom. The summed E-state index contributed by atoms with van der Waals surface area (Å²) in [6.07, 6.45) is 7.44. The van der Waals surface area contributed by atoms with E-state index < -0.39 is 0 Å². The second kappa shape index (κ2) is 6.09. The number of nitrogens with zero attached hydrogens (tertiary/aromatic N) is 1. The Labute approximate surface area is 131 Å². The number of carbonyl (C=O) groups is 1. The smallest absolute Gasteiger partial charge is 0.241 e. The molecule has 0 aromatic carbocycles. The molecule has 1 saturated carbocycles. The summed E-state index contributed by atoms with van der Waals surface area (Å²) in [4.78, 5) is 16.1. The van der Waals surface area contributed by atoms with Crippen LogP contribution in [-0.4, -0.2) is 23.4 Å². The van der Waals surface area contributed by atoms with Gasteiger partial charge in [-0.3, -0.25) is 10.1 Å². The lowest BCUT2D eigenvalue weighted by atomic mass is 9.75. The highest BCUT2D eigenvalue weighted by Gasteiger charge is 2.42. The molecule has 3 rings (SSSR count). The van der Waals surface area contributed by atoms with Gasteiger partial charge in [-0.15, -0.1) is 11.3 Å². The van der Waals surface area contributed by atoms with Crippen molar-refractivity contribution in [2.75, 3.05) is 6.54 Å². The quantitative estimate of drug-likeness (QED) is 0.914. The number of hydrogen-bond donors (Lipinski definition) is 1. The molecule has 2 aliphatic rings. The Morgan fingerprint density at radius 1 is 1.38 bits per heavy atom. The summed E-state index contributed by atoms with van der Waals surface area (Å²) in [6, 6.07) is 4.21. The van der Waals surface area contributed by atoms with Crippen LogP contribution in [-0.2, 0) is 4.79 Å². The van der Waals surface area contributed by atoms with Gasteiger partial charge in [-0.05, 0) is 36.1 Å². The highest BCUT2D eigenvalue weighted by Crippen LogP contribution is 2.40. The molecule has 2 heterocycles. The first kappa shape index (κ1) is 15.0. The summed E-state index contributed by atoms with van der Waals surface area (Å²) in [5, 5.41) is 5.63. The highest BCUT2D eigenvalue weighted by atomic mass is 32.1.